The van der Waals surface area contributed by atoms with Gasteiger partial charge in [-0.3, -0.25) is 0 Å². The van der Waals surface area contributed by atoms with Crippen LogP contribution < -0.4 is 10.1 Å². The van der Waals surface area contributed by atoms with Gasteiger partial charge in [-0.15, -0.1) is 0 Å². The van der Waals surface area contributed by atoms with Gasteiger partial charge in [-0.05, 0) is 44.9 Å². The Labute approximate surface area is 105 Å². The third kappa shape index (κ3) is 6.32. The summed E-state index contributed by atoms with van der Waals surface area (Å²) in [4.78, 5) is 0. The smallest absolute Gasteiger partial charge is 0.119 e. The van der Waals surface area contributed by atoms with E-state index in [9.17, 15) is 0 Å². The molecule has 1 unspecified atom stereocenters. The Kier molecular flexibility index (Phi) is 6.06. The van der Waals surface area contributed by atoms with Crippen molar-refractivity contribution < 1.29 is 4.74 Å². The van der Waals surface area contributed by atoms with Crippen LogP contribution in [0.3, 0.4) is 0 Å². The molecule has 0 spiro atoms. The average Bonchev–Trinajstić information content (AvgIpc) is 2.28. The van der Waals surface area contributed by atoms with Crippen molar-refractivity contribution >= 4 is 0 Å². The quantitative estimate of drug-likeness (QED) is 0.782. The Balaban J connectivity index is 2.19. The van der Waals surface area contributed by atoms with Gasteiger partial charge in [0.05, 0.1) is 0 Å². The number of rotatable bonds is 7. The highest BCUT2D eigenvalue weighted by Gasteiger charge is 2.02. The first kappa shape index (κ1) is 14.0. The Morgan fingerprint density at radius 3 is 2.35 bits per heavy atom. The number of nitrogens with one attached hydrogen (secondary N) is 1. The second kappa shape index (κ2) is 7.33. The summed E-state index contributed by atoms with van der Waals surface area (Å²) in [5, 5.41) is 3.47. The zero-order valence-electron chi connectivity index (χ0n) is 11.5. The largest absolute Gasteiger partial charge is 0.492 e. The fourth-order valence-corrected chi connectivity index (χ4v) is 1.53. The van der Waals surface area contributed by atoms with Crippen LogP contribution in [0.1, 0.15) is 32.8 Å². The van der Waals surface area contributed by atoms with Gasteiger partial charge in [-0.1, -0.05) is 31.5 Å². The molecule has 1 rings (SSSR count). The van der Waals surface area contributed by atoms with E-state index >= 15 is 0 Å². The van der Waals surface area contributed by atoms with Gasteiger partial charge in [-0.25, -0.2) is 0 Å². The topological polar surface area (TPSA) is 21.3 Å². The van der Waals surface area contributed by atoms with Crippen molar-refractivity contribution in [2.75, 3.05) is 13.2 Å². The molecule has 96 valence electrons. The Hall–Kier alpha value is -1.02. The molecule has 0 aromatic heterocycles. The molecular weight excluding hydrogens is 210 g/mol. The fraction of sp³-hybridized carbons (Fsp3) is 0.600. The number of ether oxygens (including phenoxy) is 1. The van der Waals surface area contributed by atoms with Gasteiger partial charge in [0.1, 0.15) is 12.4 Å². The molecule has 2 nitrogen and oxygen atoms in total. The number of hydrogen-bond donors (Lipinski definition) is 1. The molecule has 0 bridgehead atoms. The summed E-state index contributed by atoms with van der Waals surface area (Å²) < 4.78 is 5.72. The predicted octanol–water partition coefficient (Wildman–Crippen LogP) is 3.40. The lowest BCUT2D eigenvalue weighted by Gasteiger charge is -2.15. The van der Waals surface area contributed by atoms with Gasteiger partial charge in [-0.2, -0.15) is 0 Å². The van der Waals surface area contributed by atoms with E-state index in [2.05, 4.69) is 45.1 Å². The van der Waals surface area contributed by atoms with Crippen molar-refractivity contribution in [3.05, 3.63) is 29.8 Å². The zero-order chi connectivity index (χ0) is 12.7. The number of hydrogen-bond acceptors (Lipinski definition) is 2. The molecule has 1 atom stereocenters. The molecule has 1 aromatic carbocycles. The van der Waals surface area contributed by atoms with E-state index in [0.717, 1.165) is 24.8 Å². The summed E-state index contributed by atoms with van der Waals surface area (Å²) in [6, 6.07) is 8.60. The summed E-state index contributed by atoms with van der Waals surface area (Å²) in [7, 11) is 0. The maximum atomic E-state index is 5.72. The summed E-state index contributed by atoms with van der Waals surface area (Å²) in [6.45, 7) is 10.5. The summed E-state index contributed by atoms with van der Waals surface area (Å²) in [5.74, 6) is 1.71. The Morgan fingerprint density at radius 2 is 1.76 bits per heavy atom. The molecule has 0 aliphatic heterocycles. The molecule has 1 aromatic rings. The molecule has 0 aliphatic carbocycles. The zero-order valence-corrected chi connectivity index (χ0v) is 11.5. The van der Waals surface area contributed by atoms with E-state index in [1.807, 2.05) is 12.1 Å². The van der Waals surface area contributed by atoms with Gasteiger partial charge in [0.15, 0.2) is 0 Å². The normalized spacial score (nSPS) is 12.8. The van der Waals surface area contributed by atoms with Crippen molar-refractivity contribution in [3.8, 4) is 5.75 Å². The lowest BCUT2D eigenvalue weighted by atomic mass is 10.1. The maximum Gasteiger partial charge on any atom is 0.119 e. The van der Waals surface area contributed by atoms with Gasteiger partial charge in [0.2, 0.25) is 0 Å². The highest BCUT2D eigenvalue weighted by molar-refractivity contribution is 5.26. The molecule has 0 amide bonds. The van der Waals surface area contributed by atoms with Crippen LogP contribution in [0.2, 0.25) is 0 Å². The van der Waals surface area contributed by atoms with Crippen molar-refractivity contribution in [2.45, 2.75) is 40.2 Å². The minimum absolute atomic E-state index is 0.398. The Morgan fingerprint density at radius 1 is 1.12 bits per heavy atom. The van der Waals surface area contributed by atoms with Gasteiger partial charge >= 0.3 is 0 Å². The molecule has 0 saturated heterocycles. The van der Waals surface area contributed by atoms with Crippen LogP contribution in [-0.2, 0) is 0 Å². The van der Waals surface area contributed by atoms with Crippen LogP contribution in [0.5, 0.6) is 5.75 Å². The summed E-state index contributed by atoms with van der Waals surface area (Å²) in [5.41, 5.74) is 1.26. The minimum Gasteiger partial charge on any atom is -0.492 e. The molecule has 2 heteroatoms. The molecule has 17 heavy (non-hydrogen) atoms. The van der Waals surface area contributed by atoms with E-state index in [1.54, 1.807) is 0 Å². The molecule has 0 aliphatic rings. The molecule has 0 radical (unpaired) electrons. The first-order valence-corrected chi connectivity index (χ1v) is 6.50. The maximum absolute atomic E-state index is 5.72. The van der Waals surface area contributed by atoms with E-state index < -0.39 is 0 Å². The third-order valence-electron chi connectivity index (χ3n) is 2.74. The molecule has 1 N–H and O–H groups in total. The van der Waals surface area contributed by atoms with Crippen LogP contribution in [0.15, 0.2) is 24.3 Å². The van der Waals surface area contributed by atoms with Gasteiger partial charge in [0.25, 0.3) is 0 Å². The lowest BCUT2D eigenvalue weighted by molar-refractivity contribution is 0.271. The summed E-state index contributed by atoms with van der Waals surface area (Å²) >= 11 is 0. The average molecular weight is 235 g/mol. The third-order valence-corrected chi connectivity index (χ3v) is 2.74. The van der Waals surface area contributed by atoms with E-state index in [4.69, 9.17) is 4.74 Å². The highest BCUT2D eigenvalue weighted by atomic mass is 16.5. The van der Waals surface area contributed by atoms with Crippen LogP contribution in [0.4, 0.5) is 0 Å². The predicted molar refractivity (Wildman–Crippen MR) is 73.6 cm³/mol. The van der Waals surface area contributed by atoms with E-state index in [-0.39, 0.29) is 0 Å². The van der Waals surface area contributed by atoms with Crippen molar-refractivity contribution in [3.63, 3.8) is 0 Å². The van der Waals surface area contributed by atoms with E-state index in [1.165, 1.54) is 12.0 Å². The van der Waals surface area contributed by atoms with Crippen LogP contribution >= 0.6 is 0 Å². The summed E-state index contributed by atoms with van der Waals surface area (Å²) in [6.07, 6.45) is 1.22. The molecule has 0 heterocycles. The van der Waals surface area contributed by atoms with Crippen LogP contribution in [-0.4, -0.2) is 19.2 Å². The fourth-order valence-electron chi connectivity index (χ4n) is 1.53. The molecule has 0 saturated carbocycles. The molecule has 0 fully saturated rings. The first-order valence-electron chi connectivity index (χ1n) is 6.50. The Bertz CT molecular complexity index is 305. The minimum atomic E-state index is 0.398. The number of aryl methyl sites for hydroxylation is 1. The second-order valence-corrected chi connectivity index (χ2v) is 5.16. The standard InChI is InChI=1S/C15H25NO/c1-12(2)9-10-16-14(4)11-17-15-7-5-13(3)6-8-15/h5-8,12,14,16H,9-11H2,1-4H3. The SMILES string of the molecule is Cc1ccc(OCC(C)NCCC(C)C)cc1. The first-order chi connectivity index (χ1) is 8.08. The van der Waals surface area contributed by atoms with Gasteiger partial charge < -0.3 is 10.1 Å². The van der Waals surface area contributed by atoms with Gasteiger partial charge in [0, 0.05) is 6.04 Å². The van der Waals surface area contributed by atoms with Crippen LogP contribution in [0.25, 0.3) is 0 Å². The van der Waals surface area contributed by atoms with E-state index in [0.29, 0.717) is 6.04 Å². The van der Waals surface area contributed by atoms with Crippen molar-refractivity contribution in [1.29, 1.82) is 0 Å². The van der Waals surface area contributed by atoms with Crippen molar-refractivity contribution in [1.82, 2.24) is 5.32 Å². The lowest BCUT2D eigenvalue weighted by Crippen LogP contribution is -2.33. The van der Waals surface area contributed by atoms with Crippen LogP contribution in [0, 0.1) is 12.8 Å². The number of benzene rings is 1. The molecular formula is C15H25NO. The monoisotopic (exact) mass is 235 g/mol. The van der Waals surface area contributed by atoms with Crippen molar-refractivity contribution in [2.24, 2.45) is 5.92 Å². The second-order valence-electron chi connectivity index (χ2n) is 5.16. The highest BCUT2D eigenvalue weighted by Crippen LogP contribution is 2.11.